The number of anilines is 1. The number of nitrogens with zero attached hydrogens (tertiary/aromatic N) is 1. The fourth-order valence-electron chi connectivity index (χ4n) is 1.48. The van der Waals surface area contributed by atoms with E-state index >= 15 is 0 Å². The Morgan fingerprint density at radius 2 is 1.86 bits per heavy atom. The van der Waals surface area contributed by atoms with E-state index < -0.39 is 0 Å². The molecule has 1 rings (SSSR count). The zero-order chi connectivity index (χ0) is 10.9. The fraction of sp³-hybridized carbons (Fsp3) is 0.455. The molecule has 0 spiro atoms. The lowest BCUT2D eigenvalue weighted by atomic mass is 9.84. The quantitative estimate of drug-likeness (QED) is 0.548. The summed E-state index contributed by atoms with van der Waals surface area (Å²) in [6, 6.07) is 3.74. The Kier molecular flexibility index (Phi) is 2.60. The van der Waals surface area contributed by atoms with E-state index in [1.165, 1.54) is 0 Å². The van der Waals surface area contributed by atoms with Crippen LogP contribution in [0.3, 0.4) is 0 Å². The van der Waals surface area contributed by atoms with Crippen LogP contribution in [0.4, 0.5) is 11.4 Å². The smallest absolute Gasteiger partial charge is 0.134 e. The molecule has 1 aromatic rings. The highest BCUT2D eigenvalue weighted by Gasteiger charge is 2.20. The summed E-state index contributed by atoms with van der Waals surface area (Å²) in [5, 5.41) is 3.00. The summed E-state index contributed by atoms with van der Waals surface area (Å²) in [5.41, 5.74) is 8.43. The number of rotatable bonds is 1. The normalized spacial score (nSPS) is 11.4. The first-order valence-corrected chi connectivity index (χ1v) is 4.60. The van der Waals surface area contributed by atoms with Crippen LogP contribution in [0.15, 0.2) is 17.3 Å². The second kappa shape index (κ2) is 3.40. The summed E-state index contributed by atoms with van der Waals surface area (Å²) in [7, 11) is 0. The Bertz CT molecular complexity index is 364. The summed E-state index contributed by atoms with van der Waals surface area (Å²) in [6.45, 7) is 8.07. The van der Waals surface area contributed by atoms with Crippen molar-refractivity contribution in [3.05, 3.63) is 28.2 Å². The second-order valence-electron chi connectivity index (χ2n) is 4.59. The summed E-state index contributed by atoms with van der Waals surface area (Å²) < 4.78 is 0. The third-order valence-electron chi connectivity index (χ3n) is 2.18. The molecule has 0 aromatic heterocycles. The Morgan fingerprint density at radius 1 is 1.29 bits per heavy atom. The molecule has 0 aliphatic heterocycles. The highest BCUT2D eigenvalue weighted by atomic mass is 16.3. The Morgan fingerprint density at radius 3 is 2.29 bits per heavy atom. The SMILES string of the molecule is Cc1cc(N)c(N=O)c(C(C)(C)C)c1. The van der Waals surface area contributed by atoms with Gasteiger partial charge in [0.05, 0.1) is 5.69 Å². The van der Waals surface area contributed by atoms with Crippen LogP contribution in [0.1, 0.15) is 31.9 Å². The van der Waals surface area contributed by atoms with Gasteiger partial charge in [0, 0.05) is 0 Å². The molecule has 76 valence electrons. The van der Waals surface area contributed by atoms with Crippen molar-refractivity contribution in [2.75, 3.05) is 5.73 Å². The summed E-state index contributed by atoms with van der Waals surface area (Å²) >= 11 is 0. The predicted octanol–water partition coefficient (Wildman–Crippen LogP) is 3.27. The Hall–Kier alpha value is -1.38. The molecule has 3 heteroatoms. The standard InChI is InChI=1S/C11H16N2O/c1-7-5-8(11(2,3)4)10(13-14)9(12)6-7/h5-6H,12H2,1-4H3. The number of hydrogen-bond donors (Lipinski definition) is 1. The van der Waals surface area contributed by atoms with E-state index in [1.54, 1.807) is 6.07 Å². The molecule has 0 radical (unpaired) electrons. The molecule has 0 fully saturated rings. The maximum Gasteiger partial charge on any atom is 0.134 e. The van der Waals surface area contributed by atoms with Crippen molar-refractivity contribution in [3.8, 4) is 0 Å². The molecule has 0 saturated carbocycles. The van der Waals surface area contributed by atoms with Gasteiger partial charge in [0.15, 0.2) is 0 Å². The average molecular weight is 192 g/mol. The van der Waals surface area contributed by atoms with Crippen LogP contribution in [-0.4, -0.2) is 0 Å². The summed E-state index contributed by atoms with van der Waals surface area (Å²) in [5.74, 6) is 0. The van der Waals surface area contributed by atoms with Gasteiger partial charge in [0.1, 0.15) is 5.69 Å². The lowest BCUT2D eigenvalue weighted by molar-refractivity contribution is 0.591. The molecule has 0 atom stereocenters. The molecule has 3 nitrogen and oxygen atoms in total. The minimum Gasteiger partial charge on any atom is -0.397 e. The van der Waals surface area contributed by atoms with Gasteiger partial charge >= 0.3 is 0 Å². The predicted molar refractivity (Wildman–Crippen MR) is 59.7 cm³/mol. The van der Waals surface area contributed by atoms with Crippen LogP contribution < -0.4 is 5.73 Å². The Balaban J connectivity index is 3.48. The van der Waals surface area contributed by atoms with Crippen LogP contribution in [0, 0.1) is 11.8 Å². The minimum absolute atomic E-state index is 0.108. The van der Waals surface area contributed by atoms with Crippen LogP contribution >= 0.6 is 0 Å². The van der Waals surface area contributed by atoms with E-state index in [0.717, 1.165) is 11.1 Å². The van der Waals surface area contributed by atoms with E-state index in [-0.39, 0.29) is 5.41 Å². The number of nitroso groups, excluding NO2 is 1. The number of hydrogen-bond acceptors (Lipinski definition) is 3. The molecular weight excluding hydrogens is 176 g/mol. The third-order valence-corrected chi connectivity index (χ3v) is 2.18. The summed E-state index contributed by atoms with van der Waals surface area (Å²) in [6.07, 6.45) is 0. The van der Waals surface area contributed by atoms with Crippen LogP contribution in [0.5, 0.6) is 0 Å². The van der Waals surface area contributed by atoms with Gasteiger partial charge in [0.2, 0.25) is 0 Å². The topological polar surface area (TPSA) is 55.4 Å². The molecule has 0 aliphatic rings. The maximum atomic E-state index is 10.7. The van der Waals surface area contributed by atoms with Gasteiger partial charge in [-0.2, -0.15) is 0 Å². The van der Waals surface area contributed by atoms with Crippen molar-refractivity contribution in [2.45, 2.75) is 33.1 Å². The van der Waals surface area contributed by atoms with Crippen molar-refractivity contribution in [1.82, 2.24) is 0 Å². The van der Waals surface area contributed by atoms with Gasteiger partial charge in [-0.05, 0) is 34.7 Å². The third kappa shape index (κ3) is 1.92. The molecular formula is C11H16N2O. The monoisotopic (exact) mass is 192 g/mol. The second-order valence-corrected chi connectivity index (χ2v) is 4.59. The van der Waals surface area contributed by atoms with E-state index in [9.17, 15) is 4.91 Å². The average Bonchev–Trinajstić information content (AvgIpc) is 2.01. The first-order valence-electron chi connectivity index (χ1n) is 4.60. The number of benzene rings is 1. The molecule has 0 bridgehead atoms. The van der Waals surface area contributed by atoms with Gasteiger partial charge in [-0.1, -0.05) is 26.8 Å². The number of nitrogen functional groups attached to an aromatic ring is 1. The molecule has 1 aromatic carbocycles. The van der Waals surface area contributed by atoms with Crippen molar-refractivity contribution in [2.24, 2.45) is 5.18 Å². The summed E-state index contributed by atoms with van der Waals surface area (Å²) in [4.78, 5) is 10.7. The van der Waals surface area contributed by atoms with Crippen molar-refractivity contribution in [1.29, 1.82) is 0 Å². The lowest BCUT2D eigenvalue weighted by Crippen LogP contribution is -2.12. The first-order chi connectivity index (χ1) is 6.36. The van der Waals surface area contributed by atoms with Crippen molar-refractivity contribution < 1.29 is 0 Å². The van der Waals surface area contributed by atoms with Crippen LogP contribution in [0.25, 0.3) is 0 Å². The van der Waals surface area contributed by atoms with Crippen molar-refractivity contribution >= 4 is 11.4 Å². The molecule has 0 saturated heterocycles. The largest absolute Gasteiger partial charge is 0.397 e. The van der Waals surface area contributed by atoms with Gasteiger partial charge in [-0.15, -0.1) is 4.91 Å². The molecule has 14 heavy (non-hydrogen) atoms. The molecule has 2 N–H and O–H groups in total. The first kappa shape index (κ1) is 10.7. The zero-order valence-electron chi connectivity index (χ0n) is 9.09. The number of aryl methyl sites for hydroxylation is 1. The van der Waals surface area contributed by atoms with Crippen molar-refractivity contribution in [3.63, 3.8) is 0 Å². The highest BCUT2D eigenvalue weighted by molar-refractivity contribution is 5.69. The highest BCUT2D eigenvalue weighted by Crippen LogP contribution is 2.36. The minimum atomic E-state index is -0.108. The van der Waals surface area contributed by atoms with E-state index in [1.807, 2.05) is 33.8 Å². The Labute approximate surface area is 84.3 Å². The molecule has 0 unspecified atom stereocenters. The van der Waals surface area contributed by atoms with E-state index in [4.69, 9.17) is 5.73 Å². The van der Waals surface area contributed by atoms with E-state index in [0.29, 0.717) is 11.4 Å². The van der Waals surface area contributed by atoms with Gasteiger partial charge in [-0.3, -0.25) is 0 Å². The zero-order valence-corrected chi connectivity index (χ0v) is 9.09. The van der Waals surface area contributed by atoms with Gasteiger partial charge < -0.3 is 5.73 Å². The maximum absolute atomic E-state index is 10.7. The lowest BCUT2D eigenvalue weighted by Gasteiger charge is -2.21. The molecule has 0 amide bonds. The van der Waals surface area contributed by atoms with Gasteiger partial charge in [-0.25, -0.2) is 0 Å². The fourth-order valence-corrected chi connectivity index (χ4v) is 1.48. The van der Waals surface area contributed by atoms with Crippen LogP contribution in [-0.2, 0) is 5.41 Å². The van der Waals surface area contributed by atoms with E-state index in [2.05, 4.69) is 5.18 Å². The van der Waals surface area contributed by atoms with Crippen LogP contribution in [0.2, 0.25) is 0 Å². The molecule has 0 heterocycles. The van der Waals surface area contributed by atoms with Gasteiger partial charge in [0.25, 0.3) is 0 Å². The molecule has 0 aliphatic carbocycles. The number of nitrogens with two attached hydrogens (primary N) is 1.